The molecule has 0 saturated carbocycles. The average Bonchev–Trinajstić information content (AvgIpc) is 3.35. The van der Waals surface area contributed by atoms with E-state index in [9.17, 15) is 0 Å². The number of benzene rings is 4. The van der Waals surface area contributed by atoms with Gasteiger partial charge in [-0.05, 0) is 29.1 Å². The minimum atomic E-state index is 1.17. The predicted molar refractivity (Wildman–Crippen MR) is 118 cm³/mol. The Balaban J connectivity index is 1.79. The van der Waals surface area contributed by atoms with Crippen LogP contribution in [0.1, 0.15) is 0 Å². The highest BCUT2D eigenvalue weighted by Crippen LogP contribution is 2.38. The Morgan fingerprint density at radius 2 is 1.39 bits per heavy atom. The third-order valence-corrected chi connectivity index (χ3v) is 5.58. The van der Waals surface area contributed by atoms with Crippen molar-refractivity contribution in [3.63, 3.8) is 0 Å². The molecule has 0 saturated heterocycles. The average molecular weight is 358 g/mol. The molecule has 6 aromatic rings. The highest BCUT2D eigenvalue weighted by atomic mass is 15.0. The minimum Gasteiger partial charge on any atom is -0.353 e. The molecule has 132 valence electrons. The zero-order chi connectivity index (χ0) is 18.5. The van der Waals surface area contributed by atoms with Crippen LogP contribution in [0, 0.1) is 0 Å². The lowest BCUT2D eigenvalue weighted by Gasteiger charge is -2.14. The molecule has 0 amide bonds. The second-order valence-corrected chi connectivity index (χ2v) is 7.17. The molecule has 0 spiro atoms. The number of fused-ring (bicyclic) bond motifs is 4. The topological polar surface area (TPSA) is 20.7 Å². The van der Waals surface area contributed by atoms with E-state index in [1.807, 2.05) is 0 Å². The Kier molecular flexibility index (Phi) is 3.20. The van der Waals surface area contributed by atoms with Gasteiger partial charge >= 0.3 is 0 Å². The van der Waals surface area contributed by atoms with Crippen molar-refractivity contribution >= 4 is 32.7 Å². The van der Waals surface area contributed by atoms with Crippen LogP contribution in [0.4, 0.5) is 0 Å². The van der Waals surface area contributed by atoms with Crippen LogP contribution in [0.5, 0.6) is 0 Å². The fraction of sp³-hybridized carbons (Fsp3) is 0. The van der Waals surface area contributed by atoms with Crippen LogP contribution >= 0.6 is 0 Å². The van der Waals surface area contributed by atoms with Crippen molar-refractivity contribution in [2.75, 3.05) is 0 Å². The van der Waals surface area contributed by atoms with E-state index in [2.05, 4.69) is 113 Å². The summed E-state index contributed by atoms with van der Waals surface area (Å²) in [4.78, 5) is 3.69. The summed E-state index contributed by atoms with van der Waals surface area (Å²) in [5.74, 6) is 0. The molecule has 2 heteroatoms. The largest absolute Gasteiger partial charge is 0.353 e. The van der Waals surface area contributed by atoms with Crippen molar-refractivity contribution in [3.05, 3.63) is 103 Å². The number of rotatable bonds is 2. The lowest BCUT2D eigenvalue weighted by molar-refractivity contribution is 1.14. The van der Waals surface area contributed by atoms with Gasteiger partial charge in [0.15, 0.2) is 0 Å². The van der Waals surface area contributed by atoms with Gasteiger partial charge in [0, 0.05) is 28.0 Å². The van der Waals surface area contributed by atoms with Crippen molar-refractivity contribution in [1.29, 1.82) is 0 Å². The van der Waals surface area contributed by atoms with Crippen LogP contribution in [0.15, 0.2) is 103 Å². The zero-order valence-corrected chi connectivity index (χ0v) is 15.3. The first kappa shape index (κ1) is 15.3. The molecule has 0 bridgehead atoms. The van der Waals surface area contributed by atoms with Crippen molar-refractivity contribution in [3.8, 4) is 16.8 Å². The number of hydrogen-bond acceptors (Lipinski definition) is 0. The number of para-hydroxylation sites is 2. The number of H-pyrrole nitrogens is 1. The molecule has 2 aromatic heterocycles. The second-order valence-electron chi connectivity index (χ2n) is 7.17. The molecule has 0 aliphatic carbocycles. The number of nitrogens with zero attached hydrogens (tertiary/aromatic N) is 1. The SMILES string of the molecule is c1ccc(-c2ccc3c([nH]c4ccccc43)c2-n2ccc3ccccc32)cc1. The van der Waals surface area contributed by atoms with Crippen LogP contribution in [0.2, 0.25) is 0 Å². The monoisotopic (exact) mass is 358 g/mol. The maximum absolute atomic E-state index is 3.69. The molecule has 6 rings (SSSR count). The van der Waals surface area contributed by atoms with Gasteiger partial charge in [0.2, 0.25) is 0 Å². The van der Waals surface area contributed by atoms with Gasteiger partial charge in [0.25, 0.3) is 0 Å². The molecule has 0 unspecified atom stereocenters. The van der Waals surface area contributed by atoms with Crippen LogP contribution in [0.3, 0.4) is 0 Å². The molecule has 0 fully saturated rings. The van der Waals surface area contributed by atoms with E-state index >= 15 is 0 Å². The van der Waals surface area contributed by atoms with Gasteiger partial charge in [-0.25, -0.2) is 0 Å². The van der Waals surface area contributed by atoms with E-state index < -0.39 is 0 Å². The standard InChI is InChI=1S/C26H18N2/c1-2-8-18(9-3-1)20-14-15-22-21-11-5-6-12-23(21)27-25(22)26(20)28-17-16-19-10-4-7-13-24(19)28/h1-17,27H. The fourth-order valence-electron chi connectivity index (χ4n) is 4.28. The highest BCUT2D eigenvalue weighted by Gasteiger charge is 2.16. The summed E-state index contributed by atoms with van der Waals surface area (Å²) in [5, 5.41) is 3.76. The molecule has 2 heterocycles. The lowest BCUT2D eigenvalue weighted by Crippen LogP contribution is -1.97. The van der Waals surface area contributed by atoms with Crippen LogP contribution < -0.4 is 0 Å². The second kappa shape index (κ2) is 5.86. The first-order valence-electron chi connectivity index (χ1n) is 9.55. The number of aromatic amines is 1. The molecule has 4 aromatic carbocycles. The fourth-order valence-corrected chi connectivity index (χ4v) is 4.28. The Morgan fingerprint density at radius 1 is 0.607 bits per heavy atom. The van der Waals surface area contributed by atoms with Gasteiger partial charge < -0.3 is 9.55 Å². The first-order valence-corrected chi connectivity index (χ1v) is 9.55. The van der Waals surface area contributed by atoms with Crippen molar-refractivity contribution in [2.24, 2.45) is 0 Å². The summed E-state index contributed by atoms with van der Waals surface area (Å²) in [7, 11) is 0. The first-order chi connectivity index (χ1) is 13.9. The van der Waals surface area contributed by atoms with E-state index in [4.69, 9.17) is 0 Å². The van der Waals surface area contributed by atoms with Crippen molar-refractivity contribution in [2.45, 2.75) is 0 Å². The van der Waals surface area contributed by atoms with Gasteiger partial charge in [-0.1, -0.05) is 78.9 Å². The van der Waals surface area contributed by atoms with Gasteiger partial charge in [0.1, 0.15) is 0 Å². The van der Waals surface area contributed by atoms with Gasteiger partial charge in [-0.3, -0.25) is 0 Å². The summed E-state index contributed by atoms with van der Waals surface area (Å²) in [6.07, 6.45) is 2.18. The van der Waals surface area contributed by atoms with Crippen LogP contribution in [-0.2, 0) is 0 Å². The normalized spacial score (nSPS) is 11.6. The molecule has 0 radical (unpaired) electrons. The smallest absolute Gasteiger partial charge is 0.0777 e. The Bertz CT molecular complexity index is 1450. The summed E-state index contributed by atoms with van der Waals surface area (Å²) in [5.41, 5.74) is 7.19. The summed E-state index contributed by atoms with van der Waals surface area (Å²) in [6, 6.07) is 34.4. The number of aromatic nitrogens is 2. The van der Waals surface area contributed by atoms with Crippen LogP contribution in [-0.4, -0.2) is 9.55 Å². The molecule has 0 aliphatic rings. The Labute approximate surface area is 162 Å². The van der Waals surface area contributed by atoms with Gasteiger partial charge in [-0.15, -0.1) is 0 Å². The third-order valence-electron chi connectivity index (χ3n) is 5.58. The Hall–Kier alpha value is -3.78. The third kappa shape index (κ3) is 2.15. The Morgan fingerprint density at radius 3 is 2.32 bits per heavy atom. The van der Waals surface area contributed by atoms with Crippen molar-refractivity contribution in [1.82, 2.24) is 9.55 Å². The van der Waals surface area contributed by atoms with E-state index in [-0.39, 0.29) is 0 Å². The summed E-state index contributed by atoms with van der Waals surface area (Å²) in [6.45, 7) is 0. The maximum Gasteiger partial charge on any atom is 0.0777 e. The quantitative estimate of drug-likeness (QED) is 0.346. The van der Waals surface area contributed by atoms with E-state index in [0.29, 0.717) is 0 Å². The highest BCUT2D eigenvalue weighted by molar-refractivity contribution is 6.12. The number of nitrogens with one attached hydrogen (secondary N) is 1. The van der Waals surface area contributed by atoms with Crippen LogP contribution in [0.25, 0.3) is 49.5 Å². The van der Waals surface area contributed by atoms with E-state index in [0.717, 1.165) is 0 Å². The van der Waals surface area contributed by atoms with E-state index in [1.165, 1.54) is 49.5 Å². The molecule has 0 atom stereocenters. The van der Waals surface area contributed by atoms with E-state index in [1.54, 1.807) is 0 Å². The van der Waals surface area contributed by atoms with Crippen molar-refractivity contribution < 1.29 is 0 Å². The summed E-state index contributed by atoms with van der Waals surface area (Å²) >= 11 is 0. The molecule has 28 heavy (non-hydrogen) atoms. The zero-order valence-electron chi connectivity index (χ0n) is 15.3. The molecule has 1 N–H and O–H groups in total. The van der Waals surface area contributed by atoms with Gasteiger partial charge in [-0.2, -0.15) is 0 Å². The molecular weight excluding hydrogens is 340 g/mol. The molecule has 2 nitrogen and oxygen atoms in total. The predicted octanol–water partition coefficient (Wildman–Crippen LogP) is 6.93. The minimum absolute atomic E-state index is 1.17. The summed E-state index contributed by atoms with van der Waals surface area (Å²) < 4.78 is 2.31. The molecular formula is C26H18N2. The molecule has 0 aliphatic heterocycles. The number of hydrogen-bond donors (Lipinski definition) is 1. The maximum atomic E-state index is 3.69. The lowest BCUT2D eigenvalue weighted by atomic mass is 10.0. The van der Waals surface area contributed by atoms with Gasteiger partial charge in [0.05, 0.1) is 16.7 Å².